The predicted octanol–water partition coefficient (Wildman–Crippen LogP) is 0.953. The van der Waals surface area contributed by atoms with E-state index in [9.17, 15) is 9.90 Å². The van der Waals surface area contributed by atoms with E-state index in [4.69, 9.17) is 4.74 Å². The fourth-order valence-corrected chi connectivity index (χ4v) is 2.60. The number of aliphatic hydroxyl groups excluding tert-OH is 1. The van der Waals surface area contributed by atoms with Crippen LogP contribution in [-0.4, -0.2) is 50.5 Å². The molecule has 5 heteroatoms. The molecule has 21 heavy (non-hydrogen) atoms. The number of rotatable bonds is 7. The van der Waals surface area contributed by atoms with Gasteiger partial charge in [-0.05, 0) is 24.5 Å². The second-order valence-corrected chi connectivity index (χ2v) is 5.34. The number of carbonyl (C=O) groups excluding carboxylic acids is 1. The zero-order chi connectivity index (χ0) is 15.1. The Morgan fingerprint density at radius 3 is 3.00 bits per heavy atom. The Balaban J connectivity index is 1.98. The van der Waals surface area contributed by atoms with Crippen LogP contribution in [0.4, 0.5) is 5.69 Å². The minimum absolute atomic E-state index is 0.0934. The van der Waals surface area contributed by atoms with Crippen LogP contribution >= 0.6 is 0 Å². The molecular weight excluding hydrogens is 268 g/mol. The third-order valence-electron chi connectivity index (χ3n) is 3.68. The molecule has 0 bridgehead atoms. The molecule has 2 rings (SSSR count). The molecule has 1 unspecified atom stereocenters. The Morgan fingerprint density at radius 1 is 1.38 bits per heavy atom. The van der Waals surface area contributed by atoms with Gasteiger partial charge in [0.25, 0.3) is 0 Å². The summed E-state index contributed by atoms with van der Waals surface area (Å²) in [5.74, 6) is 0.0934. The number of fused-ring (bicyclic) bond motifs is 1. The van der Waals surface area contributed by atoms with Crippen molar-refractivity contribution in [2.75, 3.05) is 38.3 Å². The molecule has 5 nitrogen and oxygen atoms in total. The number of para-hydroxylation sites is 1. The number of anilines is 1. The van der Waals surface area contributed by atoms with Crippen molar-refractivity contribution in [3.05, 3.63) is 29.8 Å². The third-order valence-corrected chi connectivity index (χ3v) is 3.68. The number of nitrogens with zero attached hydrogens (tertiary/aromatic N) is 1. The van der Waals surface area contributed by atoms with Crippen LogP contribution in [0.2, 0.25) is 0 Å². The van der Waals surface area contributed by atoms with E-state index < -0.39 is 6.10 Å². The summed E-state index contributed by atoms with van der Waals surface area (Å²) in [5.41, 5.74) is 2.12. The van der Waals surface area contributed by atoms with E-state index in [0.29, 0.717) is 32.7 Å². The highest BCUT2D eigenvalue weighted by atomic mass is 16.5. The molecule has 116 valence electrons. The number of carbonyl (C=O) groups is 1. The molecule has 0 spiro atoms. The number of β-amino-alcohol motifs (C(OH)–C–C–N with tert-alkyl or cyclic N) is 1. The van der Waals surface area contributed by atoms with Crippen molar-refractivity contribution >= 4 is 11.6 Å². The fourth-order valence-electron chi connectivity index (χ4n) is 2.60. The van der Waals surface area contributed by atoms with Gasteiger partial charge in [-0.15, -0.1) is 0 Å². The van der Waals surface area contributed by atoms with Crippen molar-refractivity contribution in [1.82, 2.24) is 5.32 Å². The number of benzene rings is 1. The molecule has 0 saturated heterocycles. The van der Waals surface area contributed by atoms with E-state index in [1.54, 1.807) is 12.0 Å². The van der Waals surface area contributed by atoms with Crippen LogP contribution in [0.25, 0.3) is 0 Å². The number of aliphatic hydroxyl groups is 1. The molecule has 0 aliphatic carbocycles. The Labute approximate surface area is 125 Å². The third kappa shape index (κ3) is 4.52. The molecular formula is C16H24N2O3. The first-order chi connectivity index (χ1) is 10.2. The fraction of sp³-hybridized carbons (Fsp3) is 0.562. The van der Waals surface area contributed by atoms with Crippen molar-refractivity contribution in [2.45, 2.75) is 25.4 Å². The minimum atomic E-state index is -0.586. The maximum Gasteiger partial charge on any atom is 0.227 e. The van der Waals surface area contributed by atoms with Crippen LogP contribution in [0.3, 0.4) is 0 Å². The zero-order valence-corrected chi connectivity index (χ0v) is 12.5. The van der Waals surface area contributed by atoms with E-state index in [0.717, 1.165) is 18.5 Å². The summed E-state index contributed by atoms with van der Waals surface area (Å²) in [7, 11) is 1.64. The van der Waals surface area contributed by atoms with Crippen molar-refractivity contribution in [3.8, 4) is 0 Å². The van der Waals surface area contributed by atoms with Gasteiger partial charge in [0, 0.05) is 32.3 Å². The standard InChI is InChI=1S/C16H24N2O3/c1-21-10-9-17-11-14(19)12-18-15-7-3-2-5-13(15)6-4-8-16(18)20/h2-3,5,7,14,17,19H,4,6,8-12H2,1H3. The minimum Gasteiger partial charge on any atom is -0.390 e. The second-order valence-electron chi connectivity index (χ2n) is 5.34. The monoisotopic (exact) mass is 292 g/mol. The van der Waals surface area contributed by atoms with Crippen molar-refractivity contribution in [1.29, 1.82) is 0 Å². The van der Waals surface area contributed by atoms with E-state index >= 15 is 0 Å². The van der Waals surface area contributed by atoms with Gasteiger partial charge in [-0.3, -0.25) is 4.79 Å². The van der Waals surface area contributed by atoms with Crippen LogP contribution in [0.1, 0.15) is 18.4 Å². The lowest BCUT2D eigenvalue weighted by molar-refractivity contribution is -0.118. The van der Waals surface area contributed by atoms with E-state index in [-0.39, 0.29) is 5.91 Å². The van der Waals surface area contributed by atoms with Crippen molar-refractivity contribution < 1.29 is 14.6 Å². The van der Waals surface area contributed by atoms with Crippen LogP contribution in [0.5, 0.6) is 0 Å². The second kappa shape index (κ2) is 8.12. The molecule has 2 N–H and O–H groups in total. The molecule has 1 heterocycles. The summed E-state index contributed by atoms with van der Waals surface area (Å²) < 4.78 is 4.95. The van der Waals surface area contributed by atoms with Crippen LogP contribution < -0.4 is 10.2 Å². The number of hydrogen-bond acceptors (Lipinski definition) is 4. The first kappa shape index (κ1) is 15.9. The van der Waals surface area contributed by atoms with Gasteiger partial charge in [-0.2, -0.15) is 0 Å². The number of methoxy groups -OCH3 is 1. The highest BCUT2D eigenvalue weighted by Gasteiger charge is 2.23. The van der Waals surface area contributed by atoms with E-state index in [1.807, 2.05) is 18.2 Å². The van der Waals surface area contributed by atoms with E-state index in [1.165, 1.54) is 5.56 Å². The Morgan fingerprint density at radius 2 is 2.19 bits per heavy atom. The predicted molar refractivity (Wildman–Crippen MR) is 82.5 cm³/mol. The normalized spacial score (nSPS) is 16.5. The number of aryl methyl sites for hydroxylation is 1. The van der Waals surface area contributed by atoms with Crippen LogP contribution in [0, 0.1) is 0 Å². The number of hydrogen-bond donors (Lipinski definition) is 2. The first-order valence-corrected chi connectivity index (χ1v) is 7.48. The van der Waals surface area contributed by atoms with Crippen LogP contribution in [-0.2, 0) is 16.0 Å². The van der Waals surface area contributed by atoms with Gasteiger partial charge in [-0.1, -0.05) is 18.2 Å². The average molecular weight is 292 g/mol. The van der Waals surface area contributed by atoms with Gasteiger partial charge < -0.3 is 20.1 Å². The SMILES string of the molecule is COCCNCC(O)CN1C(=O)CCCc2ccccc21. The van der Waals surface area contributed by atoms with Gasteiger partial charge in [0.15, 0.2) is 0 Å². The highest BCUT2D eigenvalue weighted by molar-refractivity contribution is 5.94. The molecule has 0 fully saturated rings. The quantitative estimate of drug-likeness (QED) is 0.735. The molecule has 1 atom stereocenters. The summed E-state index contributed by atoms with van der Waals surface area (Å²) in [5, 5.41) is 13.3. The molecule has 1 aliphatic rings. The lowest BCUT2D eigenvalue weighted by Gasteiger charge is -2.26. The van der Waals surface area contributed by atoms with Crippen LogP contribution in [0.15, 0.2) is 24.3 Å². The summed E-state index contributed by atoms with van der Waals surface area (Å²) in [4.78, 5) is 14.0. The van der Waals surface area contributed by atoms with E-state index in [2.05, 4.69) is 11.4 Å². The first-order valence-electron chi connectivity index (χ1n) is 7.48. The molecule has 0 radical (unpaired) electrons. The maximum atomic E-state index is 12.3. The summed E-state index contributed by atoms with van der Waals surface area (Å²) in [6, 6.07) is 7.96. The van der Waals surface area contributed by atoms with Gasteiger partial charge in [0.1, 0.15) is 0 Å². The summed E-state index contributed by atoms with van der Waals surface area (Å²) in [6.45, 7) is 2.08. The Kier molecular flexibility index (Phi) is 6.17. The zero-order valence-electron chi connectivity index (χ0n) is 12.5. The van der Waals surface area contributed by atoms with Gasteiger partial charge in [0.05, 0.1) is 19.3 Å². The number of nitrogens with one attached hydrogen (secondary N) is 1. The number of ether oxygens (including phenoxy) is 1. The molecule has 1 aliphatic heterocycles. The van der Waals surface area contributed by atoms with Gasteiger partial charge in [0.2, 0.25) is 5.91 Å². The van der Waals surface area contributed by atoms with Gasteiger partial charge >= 0.3 is 0 Å². The molecule has 1 amide bonds. The topological polar surface area (TPSA) is 61.8 Å². The van der Waals surface area contributed by atoms with Crippen molar-refractivity contribution in [3.63, 3.8) is 0 Å². The average Bonchev–Trinajstić information content (AvgIpc) is 2.64. The van der Waals surface area contributed by atoms with Gasteiger partial charge in [-0.25, -0.2) is 0 Å². The maximum absolute atomic E-state index is 12.3. The highest BCUT2D eigenvalue weighted by Crippen LogP contribution is 2.26. The van der Waals surface area contributed by atoms with Crippen molar-refractivity contribution in [2.24, 2.45) is 0 Å². The Bertz CT molecular complexity index is 465. The molecule has 0 saturated carbocycles. The largest absolute Gasteiger partial charge is 0.390 e. The summed E-state index contributed by atoms with van der Waals surface area (Å²) in [6.07, 6.45) is 1.74. The lowest BCUT2D eigenvalue weighted by Crippen LogP contribution is -2.42. The molecule has 1 aromatic rings. The smallest absolute Gasteiger partial charge is 0.227 e. The molecule has 1 aromatic carbocycles. The Hall–Kier alpha value is -1.43. The summed E-state index contributed by atoms with van der Waals surface area (Å²) >= 11 is 0. The number of amides is 1. The molecule has 0 aromatic heterocycles. The lowest BCUT2D eigenvalue weighted by atomic mass is 10.1.